The lowest BCUT2D eigenvalue weighted by atomic mass is 9.85. The molecule has 7 nitrogen and oxygen atoms in total. The topological polar surface area (TPSA) is 93.1 Å². The van der Waals surface area contributed by atoms with Gasteiger partial charge in [0.05, 0.1) is 34.1 Å². The molecule has 1 aromatic carbocycles. The fourth-order valence-corrected chi connectivity index (χ4v) is 7.31. The molecule has 0 bridgehead atoms. The summed E-state index contributed by atoms with van der Waals surface area (Å²) < 4.78 is 29.6. The Morgan fingerprint density at radius 2 is 1.88 bits per heavy atom. The Hall–Kier alpha value is -2.03. The van der Waals surface area contributed by atoms with Gasteiger partial charge in [0.25, 0.3) is 11.8 Å². The molecule has 2 unspecified atom stereocenters. The number of aliphatic imine (C=N–C) groups is 1. The molecule has 4 rings (SSSR count). The van der Waals surface area contributed by atoms with Crippen molar-refractivity contribution in [2.75, 3.05) is 31.7 Å². The molecule has 34 heavy (non-hydrogen) atoms. The Bertz CT molecular complexity index is 1190. The zero-order chi connectivity index (χ0) is 24.8. The maximum atomic E-state index is 13.6. The van der Waals surface area contributed by atoms with E-state index < -0.39 is 21.9 Å². The number of aryl methyl sites for hydroxylation is 1. The van der Waals surface area contributed by atoms with Crippen molar-refractivity contribution in [2.24, 2.45) is 16.8 Å². The van der Waals surface area contributed by atoms with Crippen molar-refractivity contribution in [2.45, 2.75) is 46.1 Å². The number of methoxy groups -OCH3 is 1. The smallest absolute Gasteiger partial charge is 0.255 e. The van der Waals surface area contributed by atoms with E-state index in [2.05, 4.69) is 4.99 Å². The van der Waals surface area contributed by atoms with E-state index in [4.69, 9.17) is 16.3 Å². The van der Waals surface area contributed by atoms with E-state index in [0.29, 0.717) is 42.1 Å². The van der Waals surface area contributed by atoms with Crippen LogP contribution in [0, 0.1) is 18.8 Å². The van der Waals surface area contributed by atoms with E-state index in [1.54, 1.807) is 18.9 Å². The van der Waals surface area contributed by atoms with Crippen LogP contribution in [-0.2, 0) is 25.8 Å². The number of amides is 2. The highest BCUT2D eigenvalue weighted by molar-refractivity contribution is 7.91. The van der Waals surface area contributed by atoms with Crippen molar-refractivity contribution in [3.05, 3.63) is 45.0 Å². The van der Waals surface area contributed by atoms with E-state index >= 15 is 0 Å². The average molecular weight is 507 g/mol. The number of nitrogens with zero attached hydrogens (tertiary/aromatic N) is 2. The number of fused-ring (bicyclic) bond motifs is 1. The first-order chi connectivity index (χ1) is 16.0. The van der Waals surface area contributed by atoms with Crippen molar-refractivity contribution in [1.82, 2.24) is 4.90 Å². The molecule has 9 heteroatoms. The molecule has 3 aliphatic rings. The van der Waals surface area contributed by atoms with E-state index in [9.17, 15) is 18.0 Å². The Kier molecular flexibility index (Phi) is 7.04. The molecule has 2 amide bonds. The molecule has 2 atom stereocenters. The molecule has 1 fully saturated rings. The molecule has 0 N–H and O–H groups in total. The normalized spacial score (nSPS) is 23.9. The molecule has 0 saturated carbocycles. The van der Waals surface area contributed by atoms with Crippen LogP contribution in [0.4, 0.5) is 0 Å². The van der Waals surface area contributed by atoms with Gasteiger partial charge < -0.3 is 9.64 Å². The number of ether oxygens (including phenoxy) is 1. The summed E-state index contributed by atoms with van der Waals surface area (Å²) in [5, 5.41) is 0.367. The Morgan fingerprint density at radius 1 is 1.21 bits per heavy atom. The number of carbonyl (C=O) groups excluding carboxylic acids is 2. The fraction of sp³-hybridized carbons (Fsp3) is 0.560. The van der Waals surface area contributed by atoms with Gasteiger partial charge in [-0.25, -0.2) is 13.4 Å². The van der Waals surface area contributed by atoms with Gasteiger partial charge >= 0.3 is 0 Å². The van der Waals surface area contributed by atoms with Gasteiger partial charge in [0.1, 0.15) is 9.84 Å². The van der Waals surface area contributed by atoms with E-state index in [-0.39, 0.29) is 35.8 Å². The maximum absolute atomic E-state index is 13.6. The number of halogens is 1. The van der Waals surface area contributed by atoms with E-state index in [0.717, 1.165) is 22.3 Å². The summed E-state index contributed by atoms with van der Waals surface area (Å²) in [4.78, 5) is 31.9. The van der Waals surface area contributed by atoms with Crippen LogP contribution in [0.2, 0.25) is 5.02 Å². The summed E-state index contributed by atoms with van der Waals surface area (Å²) in [5.74, 6) is -0.588. The predicted octanol–water partition coefficient (Wildman–Crippen LogP) is 3.72. The minimum Gasteiger partial charge on any atom is -0.376 e. The molecule has 3 aliphatic heterocycles. The monoisotopic (exact) mass is 506 g/mol. The van der Waals surface area contributed by atoms with Crippen LogP contribution in [0.1, 0.15) is 59.8 Å². The first-order valence-corrected chi connectivity index (χ1v) is 13.8. The third-order valence-electron chi connectivity index (χ3n) is 7.32. The van der Waals surface area contributed by atoms with Crippen LogP contribution >= 0.6 is 11.6 Å². The van der Waals surface area contributed by atoms with Crippen LogP contribution in [0.5, 0.6) is 0 Å². The number of dihydropyridines is 1. The zero-order valence-corrected chi connectivity index (χ0v) is 21.6. The molecular formula is C25H31ClN2O5S. The summed E-state index contributed by atoms with van der Waals surface area (Å²) in [6, 6.07) is 1.98. The highest BCUT2D eigenvalue weighted by Gasteiger charge is 2.37. The Balaban J connectivity index is 1.64. The molecule has 0 aliphatic carbocycles. The quantitative estimate of drug-likeness (QED) is 0.606. The number of allylic oxidation sites excluding steroid dienone is 1. The van der Waals surface area contributed by atoms with Crippen molar-refractivity contribution in [3.8, 4) is 0 Å². The summed E-state index contributed by atoms with van der Waals surface area (Å²) in [6.07, 6.45) is 3.15. The molecular weight excluding hydrogens is 476 g/mol. The van der Waals surface area contributed by atoms with Crippen molar-refractivity contribution < 1.29 is 22.7 Å². The molecule has 0 aromatic heterocycles. The van der Waals surface area contributed by atoms with Crippen molar-refractivity contribution in [3.63, 3.8) is 0 Å². The van der Waals surface area contributed by atoms with Gasteiger partial charge in [0.15, 0.2) is 0 Å². The lowest BCUT2D eigenvalue weighted by molar-refractivity contribution is -0.120. The summed E-state index contributed by atoms with van der Waals surface area (Å²) in [5.41, 5.74) is 4.67. The second kappa shape index (κ2) is 9.55. The minimum absolute atomic E-state index is 0.00650. The number of rotatable bonds is 5. The Morgan fingerprint density at radius 3 is 2.50 bits per heavy atom. The number of carbonyl (C=O) groups is 2. The summed E-state index contributed by atoms with van der Waals surface area (Å²) >= 11 is 6.88. The molecule has 1 saturated heterocycles. The van der Waals surface area contributed by atoms with Gasteiger partial charge in [-0.1, -0.05) is 23.2 Å². The molecule has 0 spiro atoms. The molecule has 1 aromatic rings. The number of sulfone groups is 1. The summed E-state index contributed by atoms with van der Waals surface area (Å²) in [6.45, 7) is 6.43. The van der Waals surface area contributed by atoms with Gasteiger partial charge in [-0.15, -0.1) is 0 Å². The van der Waals surface area contributed by atoms with Crippen molar-refractivity contribution >= 4 is 39.0 Å². The van der Waals surface area contributed by atoms with E-state index in [1.807, 2.05) is 26.0 Å². The second-order valence-electron chi connectivity index (χ2n) is 9.63. The van der Waals surface area contributed by atoms with Crippen LogP contribution in [0.15, 0.2) is 22.7 Å². The highest BCUT2D eigenvalue weighted by Crippen LogP contribution is 2.41. The third kappa shape index (κ3) is 4.72. The first kappa shape index (κ1) is 25.1. The van der Waals surface area contributed by atoms with Gasteiger partial charge in [0, 0.05) is 31.5 Å². The molecule has 0 radical (unpaired) electrons. The zero-order valence-electron chi connectivity index (χ0n) is 20.1. The van der Waals surface area contributed by atoms with Crippen LogP contribution < -0.4 is 0 Å². The van der Waals surface area contributed by atoms with Gasteiger partial charge in [-0.2, -0.15) is 0 Å². The predicted molar refractivity (Wildman–Crippen MR) is 132 cm³/mol. The average Bonchev–Trinajstić information content (AvgIpc) is 2.76. The van der Waals surface area contributed by atoms with Crippen LogP contribution in [0.3, 0.4) is 0 Å². The number of benzene rings is 1. The minimum atomic E-state index is -3.01. The van der Waals surface area contributed by atoms with Gasteiger partial charge in [0.2, 0.25) is 0 Å². The number of hydrogen-bond donors (Lipinski definition) is 0. The van der Waals surface area contributed by atoms with E-state index in [1.165, 1.54) is 0 Å². The largest absolute Gasteiger partial charge is 0.376 e. The molecule has 184 valence electrons. The second-order valence-corrected chi connectivity index (χ2v) is 12.3. The SMILES string of the molecule is COC(c1cc(C)c2c(c1Cl)C(=O)N(CC1C(=O)N=C(C)C=C1C)CC2)C1CCS(=O)(=O)CC1. The van der Waals surface area contributed by atoms with Crippen LogP contribution in [0.25, 0.3) is 0 Å². The van der Waals surface area contributed by atoms with Crippen molar-refractivity contribution in [1.29, 1.82) is 0 Å². The lowest BCUT2D eigenvalue weighted by Crippen LogP contribution is -2.43. The van der Waals surface area contributed by atoms with Gasteiger partial charge in [-0.3, -0.25) is 9.59 Å². The fourth-order valence-electron chi connectivity index (χ4n) is 5.43. The highest BCUT2D eigenvalue weighted by atomic mass is 35.5. The molecule has 3 heterocycles. The number of hydrogen-bond acceptors (Lipinski definition) is 5. The standard InChI is InChI=1S/C25H31ClN2O5S/c1-14-11-16(3)27-24(29)20(14)13-28-8-5-18-15(2)12-19(22(26)21(18)25(28)30)23(33-4)17-6-9-34(31,32)10-7-17/h11-12,17,20,23H,5-10,13H2,1-4H3. The van der Waals surface area contributed by atoms with Crippen LogP contribution in [-0.4, -0.2) is 62.5 Å². The maximum Gasteiger partial charge on any atom is 0.255 e. The first-order valence-electron chi connectivity index (χ1n) is 11.6. The van der Waals surface area contributed by atoms with Gasteiger partial charge in [-0.05, 0) is 63.2 Å². The summed E-state index contributed by atoms with van der Waals surface area (Å²) in [7, 11) is -1.41. The lowest BCUT2D eigenvalue weighted by Gasteiger charge is -2.35. The third-order valence-corrected chi connectivity index (χ3v) is 9.44. The Labute approximate surface area is 206 Å².